The topological polar surface area (TPSA) is 72.3 Å². The Morgan fingerprint density at radius 1 is 1.17 bits per heavy atom. The van der Waals surface area contributed by atoms with E-state index in [1.54, 1.807) is 30.2 Å². The van der Waals surface area contributed by atoms with Crippen molar-refractivity contribution in [2.24, 2.45) is 0 Å². The van der Waals surface area contributed by atoms with Gasteiger partial charge in [-0.05, 0) is 43.2 Å². The standard InChI is InChI=1S/C22H24ClN5O2/c1-30-19-12-11-16(23)14-18(19)28(22(29)24-17-8-4-2-5-9-17)15-21-26-25-20-10-6-3-7-13-27(20)21/h2,4-5,8-9,11-12,14H,3,6-7,10,13,15H2,1H3,(H,24,29). The van der Waals surface area contributed by atoms with Crippen LogP contribution < -0.4 is 15.0 Å². The number of halogens is 1. The predicted molar refractivity (Wildman–Crippen MR) is 117 cm³/mol. The van der Waals surface area contributed by atoms with Crippen LogP contribution >= 0.6 is 11.6 Å². The summed E-state index contributed by atoms with van der Waals surface area (Å²) in [5, 5.41) is 12.2. The molecule has 0 unspecified atom stereocenters. The van der Waals surface area contributed by atoms with Crippen LogP contribution in [0.5, 0.6) is 5.75 Å². The number of carbonyl (C=O) groups excluding carboxylic acids is 1. The largest absolute Gasteiger partial charge is 0.495 e. The molecule has 0 saturated heterocycles. The number of para-hydroxylation sites is 1. The van der Waals surface area contributed by atoms with E-state index in [4.69, 9.17) is 16.3 Å². The van der Waals surface area contributed by atoms with E-state index in [2.05, 4.69) is 20.1 Å². The summed E-state index contributed by atoms with van der Waals surface area (Å²) < 4.78 is 7.64. The molecule has 0 atom stereocenters. The fraction of sp³-hybridized carbons (Fsp3) is 0.318. The molecule has 0 radical (unpaired) electrons. The molecule has 7 nitrogen and oxygen atoms in total. The number of carbonyl (C=O) groups is 1. The summed E-state index contributed by atoms with van der Waals surface area (Å²) in [5.41, 5.74) is 1.28. The molecule has 2 aromatic carbocycles. The maximum absolute atomic E-state index is 13.3. The van der Waals surface area contributed by atoms with E-state index in [0.29, 0.717) is 22.1 Å². The fourth-order valence-corrected chi connectivity index (χ4v) is 3.82. The molecule has 1 N–H and O–H groups in total. The van der Waals surface area contributed by atoms with Crippen LogP contribution in [0, 0.1) is 0 Å². The first-order chi connectivity index (χ1) is 14.7. The van der Waals surface area contributed by atoms with Crippen LogP contribution in [0.3, 0.4) is 0 Å². The van der Waals surface area contributed by atoms with E-state index in [1.165, 1.54) is 6.42 Å². The number of fused-ring (bicyclic) bond motifs is 1. The molecule has 3 aromatic rings. The summed E-state index contributed by atoms with van der Waals surface area (Å²) in [6.45, 7) is 1.11. The molecule has 0 fully saturated rings. The van der Waals surface area contributed by atoms with Gasteiger partial charge < -0.3 is 14.6 Å². The molecule has 8 heteroatoms. The Balaban J connectivity index is 1.70. The monoisotopic (exact) mass is 425 g/mol. The number of anilines is 2. The van der Waals surface area contributed by atoms with Crippen LogP contribution in [0.2, 0.25) is 5.02 Å². The second kappa shape index (κ2) is 9.17. The zero-order valence-corrected chi connectivity index (χ0v) is 17.6. The van der Waals surface area contributed by atoms with Gasteiger partial charge in [-0.15, -0.1) is 10.2 Å². The highest BCUT2D eigenvalue weighted by atomic mass is 35.5. The van der Waals surface area contributed by atoms with Crippen LogP contribution in [0.25, 0.3) is 0 Å². The van der Waals surface area contributed by atoms with Gasteiger partial charge in [-0.1, -0.05) is 36.2 Å². The Kier molecular flexibility index (Phi) is 6.18. The molecule has 1 aromatic heterocycles. The normalized spacial score (nSPS) is 13.3. The maximum Gasteiger partial charge on any atom is 0.326 e. The lowest BCUT2D eigenvalue weighted by Gasteiger charge is -2.25. The maximum atomic E-state index is 13.3. The number of nitrogens with one attached hydrogen (secondary N) is 1. The zero-order chi connectivity index (χ0) is 20.9. The third-order valence-electron chi connectivity index (χ3n) is 5.19. The third-order valence-corrected chi connectivity index (χ3v) is 5.42. The summed E-state index contributed by atoms with van der Waals surface area (Å²) in [6.07, 6.45) is 4.26. The van der Waals surface area contributed by atoms with Crippen LogP contribution in [0.15, 0.2) is 48.5 Å². The predicted octanol–water partition coefficient (Wildman–Crippen LogP) is 4.91. The van der Waals surface area contributed by atoms with Crippen molar-refractivity contribution in [1.82, 2.24) is 14.8 Å². The minimum atomic E-state index is -0.298. The molecule has 0 bridgehead atoms. The Bertz CT molecular complexity index is 1020. The van der Waals surface area contributed by atoms with Crippen LogP contribution in [0.1, 0.15) is 30.9 Å². The number of benzene rings is 2. The second-order valence-corrected chi connectivity index (χ2v) is 7.63. The smallest absolute Gasteiger partial charge is 0.326 e. The van der Waals surface area contributed by atoms with Crippen LogP contribution in [-0.4, -0.2) is 27.9 Å². The summed E-state index contributed by atoms with van der Waals surface area (Å²) >= 11 is 6.25. The Morgan fingerprint density at radius 2 is 2.00 bits per heavy atom. The van der Waals surface area contributed by atoms with Crippen LogP contribution in [-0.2, 0) is 19.5 Å². The summed E-state index contributed by atoms with van der Waals surface area (Å²) in [7, 11) is 1.57. The quantitative estimate of drug-likeness (QED) is 0.630. The first kappa shape index (κ1) is 20.2. The van der Waals surface area contributed by atoms with Crippen molar-refractivity contribution in [1.29, 1.82) is 0 Å². The van der Waals surface area contributed by atoms with E-state index < -0.39 is 0 Å². The molecule has 30 heavy (non-hydrogen) atoms. The molecule has 2 amide bonds. The lowest BCUT2D eigenvalue weighted by molar-refractivity contribution is 0.256. The number of urea groups is 1. The molecule has 1 aliphatic heterocycles. The average Bonchev–Trinajstić information content (AvgIpc) is 2.98. The number of hydrogen-bond acceptors (Lipinski definition) is 4. The summed E-state index contributed by atoms with van der Waals surface area (Å²) in [6, 6.07) is 14.3. The Morgan fingerprint density at radius 3 is 2.80 bits per heavy atom. The Hall–Kier alpha value is -3.06. The van der Waals surface area contributed by atoms with Crippen molar-refractivity contribution < 1.29 is 9.53 Å². The molecule has 0 aliphatic carbocycles. The van der Waals surface area contributed by atoms with Crippen molar-refractivity contribution in [3.63, 3.8) is 0 Å². The minimum absolute atomic E-state index is 0.252. The van der Waals surface area contributed by atoms with Gasteiger partial charge in [0.15, 0.2) is 5.82 Å². The van der Waals surface area contributed by atoms with E-state index in [9.17, 15) is 4.79 Å². The highest BCUT2D eigenvalue weighted by molar-refractivity contribution is 6.31. The van der Waals surface area contributed by atoms with Gasteiger partial charge in [0.25, 0.3) is 0 Å². The number of aromatic nitrogens is 3. The number of ether oxygens (including phenoxy) is 1. The van der Waals surface area contributed by atoms with Crippen LogP contribution in [0.4, 0.5) is 16.2 Å². The van der Waals surface area contributed by atoms with Gasteiger partial charge in [0, 0.05) is 23.7 Å². The highest BCUT2D eigenvalue weighted by Gasteiger charge is 2.24. The number of amides is 2. The number of nitrogens with zero attached hydrogens (tertiary/aromatic N) is 4. The van der Waals surface area contributed by atoms with Crippen molar-refractivity contribution in [2.75, 3.05) is 17.3 Å². The van der Waals surface area contributed by atoms with Crippen molar-refractivity contribution in [3.05, 3.63) is 65.2 Å². The fourth-order valence-electron chi connectivity index (χ4n) is 3.66. The lowest BCUT2D eigenvalue weighted by atomic mass is 10.2. The van der Waals surface area contributed by atoms with E-state index >= 15 is 0 Å². The van der Waals surface area contributed by atoms with E-state index in [-0.39, 0.29) is 12.6 Å². The third kappa shape index (κ3) is 4.41. The van der Waals surface area contributed by atoms with Crippen molar-refractivity contribution in [3.8, 4) is 5.75 Å². The van der Waals surface area contributed by atoms with Gasteiger partial charge in [0.05, 0.1) is 19.3 Å². The summed E-state index contributed by atoms with van der Waals surface area (Å²) in [4.78, 5) is 14.9. The molecular formula is C22H24ClN5O2. The van der Waals surface area contributed by atoms with E-state index in [1.807, 2.05) is 30.3 Å². The molecule has 0 spiro atoms. The molecular weight excluding hydrogens is 402 g/mol. The molecule has 4 rings (SSSR count). The number of rotatable bonds is 5. The number of hydrogen-bond donors (Lipinski definition) is 1. The molecule has 1 aliphatic rings. The van der Waals surface area contributed by atoms with Gasteiger partial charge in [-0.25, -0.2) is 4.79 Å². The molecule has 156 valence electrons. The average molecular weight is 426 g/mol. The molecule has 0 saturated carbocycles. The second-order valence-electron chi connectivity index (χ2n) is 7.19. The highest BCUT2D eigenvalue weighted by Crippen LogP contribution is 2.33. The number of aryl methyl sites for hydroxylation is 1. The first-order valence-corrected chi connectivity index (χ1v) is 10.4. The van der Waals surface area contributed by atoms with Crippen molar-refractivity contribution in [2.45, 2.75) is 38.8 Å². The van der Waals surface area contributed by atoms with Gasteiger partial charge in [0.1, 0.15) is 11.6 Å². The Labute approximate surface area is 180 Å². The van der Waals surface area contributed by atoms with Gasteiger partial charge in [0.2, 0.25) is 0 Å². The number of methoxy groups -OCH3 is 1. The SMILES string of the molecule is COc1ccc(Cl)cc1N(Cc1nnc2n1CCCCC2)C(=O)Nc1ccccc1. The lowest BCUT2D eigenvalue weighted by Crippen LogP contribution is -2.36. The van der Waals surface area contributed by atoms with Crippen molar-refractivity contribution >= 4 is 29.0 Å². The first-order valence-electron chi connectivity index (χ1n) is 10.0. The summed E-state index contributed by atoms with van der Waals surface area (Å²) in [5.74, 6) is 2.28. The van der Waals surface area contributed by atoms with Gasteiger partial charge in [-0.2, -0.15) is 0 Å². The molecule has 2 heterocycles. The zero-order valence-electron chi connectivity index (χ0n) is 16.8. The van der Waals surface area contributed by atoms with Gasteiger partial charge >= 0.3 is 6.03 Å². The minimum Gasteiger partial charge on any atom is -0.495 e. The van der Waals surface area contributed by atoms with Gasteiger partial charge in [-0.3, -0.25) is 4.90 Å². The van der Waals surface area contributed by atoms with E-state index in [0.717, 1.165) is 37.5 Å².